The summed E-state index contributed by atoms with van der Waals surface area (Å²) in [6, 6.07) is 10.4. The Bertz CT molecular complexity index is 1530. The molecule has 1 heterocycles. The molecule has 0 spiro atoms. The smallest absolute Gasteiger partial charge is 0.268 e. The number of hydrogen-bond acceptors (Lipinski definition) is 3. The summed E-state index contributed by atoms with van der Waals surface area (Å²) in [6.07, 6.45) is 1.12. The minimum Gasteiger partial charge on any atom is -0.454 e. The lowest BCUT2D eigenvalue weighted by Crippen LogP contribution is -2.13. The van der Waals surface area contributed by atoms with Gasteiger partial charge in [-0.3, -0.25) is 0 Å². The van der Waals surface area contributed by atoms with Gasteiger partial charge in [0, 0.05) is 11.6 Å². The molecule has 1 aromatic heterocycles. The minimum absolute atomic E-state index is 0.0436. The molecule has 0 N–H and O–H groups in total. The maximum atomic E-state index is 15.1. The molecule has 162 valence electrons. The summed E-state index contributed by atoms with van der Waals surface area (Å²) >= 11 is 3.15. The van der Waals surface area contributed by atoms with Gasteiger partial charge >= 0.3 is 0 Å². The van der Waals surface area contributed by atoms with Crippen molar-refractivity contribution in [3.63, 3.8) is 0 Å². The first-order valence-electron chi connectivity index (χ1n) is 8.99. The predicted molar refractivity (Wildman–Crippen MR) is 116 cm³/mol. The van der Waals surface area contributed by atoms with E-state index in [0.29, 0.717) is 3.97 Å². The molecule has 5 nitrogen and oxygen atoms in total. The van der Waals surface area contributed by atoms with Crippen molar-refractivity contribution in [3.8, 4) is 11.5 Å². The van der Waals surface area contributed by atoms with Gasteiger partial charge in [0.05, 0.1) is 15.9 Å². The molecule has 0 aliphatic rings. The van der Waals surface area contributed by atoms with E-state index < -0.39 is 38.7 Å². The van der Waals surface area contributed by atoms with Crippen molar-refractivity contribution < 1.29 is 26.3 Å². The molecule has 0 aliphatic carbocycles. The van der Waals surface area contributed by atoms with E-state index in [1.807, 2.05) is 0 Å². The van der Waals surface area contributed by atoms with Gasteiger partial charge in [0.2, 0.25) is 11.5 Å². The molecule has 0 bridgehead atoms. The van der Waals surface area contributed by atoms with Crippen LogP contribution in [0.3, 0.4) is 0 Å². The lowest BCUT2D eigenvalue weighted by atomic mass is 10.2. The van der Waals surface area contributed by atoms with Crippen molar-refractivity contribution in [1.82, 2.24) is 3.97 Å². The fourth-order valence-corrected chi connectivity index (χ4v) is 5.02. The van der Waals surface area contributed by atoms with Gasteiger partial charge in [0.25, 0.3) is 10.0 Å². The average molecular weight is 521 g/mol. The maximum absolute atomic E-state index is 15.1. The first-order chi connectivity index (χ1) is 15.1. The Morgan fingerprint density at radius 2 is 1.72 bits per heavy atom. The summed E-state index contributed by atoms with van der Waals surface area (Å²) in [4.78, 5) is 2.91. The highest BCUT2D eigenvalue weighted by molar-refractivity contribution is 9.10. The Hall–Kier alpha value is -3.29. The molecule has 0 radical (unpaired) electrons. The van der Waals surface area contributed by atoms with Crippen LogP contribution in [0.2, 0.25) is 0 Å². The summed E-state index contributed by atoms with van der Waals surface area (Å²) in [5, 5.41) is 0.0436. The normalized spacial score (nSPS) is 11.5. The number of ether oxygens (including phenoxy) is 1. The predicted octanol–water partition coefficient (Wildman–Crippen LogP) is 6.71. The monoisotopic (exact) mass is 520 g/mol. The SMILES string of the molecule is [C-]#[N+]c1cc(Oc2c(F)c(F)c3c(ccn3S(=O)(=O)c3ccc(C)cc3)c2Br)ccc1F. The van der Waals surface area contributed by atoms with E-state index in [1.165, 1.54) is 18.2 Å². The Kier molecular flexibility index (Phi) is 5.48. The van der Waals surface area contributed by atoms with Crippen molar-refractivity contribution in [1.29, 1.82) is 0 Å². The number of benzene rings is 3. The molecular weight excluding hydrogens is 509 g/mol. The van der Waals surface area contributed by atoms with Gasteiger partial charge < -0.3 is 4.74 Å². The van der Waals surface area contributed by atoms with Crippen molar-refractivity contribution in [2.45, 2.75) is 11.8 Å². The molecule has 10 heteroatoms. The first-order valence-corrected chi connectivity index (χ1v) is 11.2. The molecule has 4 aromatic rings. The van der Waals surface area contributed by atoms with Crippen molar-refractivity contribution in [3.05, 3.63) is 93.6 Å². The second-order valence-corrected chi connectivity index (χ2v) is 9.40. The van der Waals surface area contributed by atoms with Crippen LogP contribution in [-0.4, -0.2) is 12.4 Å². The molecule has 3 aromatic carbocycles. The first kappa shape index (κ1) is 21.9. The highest BCUT2D eigenvalue weighted by atomic mass is 79.9. The Morgan fingerprint density at radius 1 is 1.03 bits per heavy atom. The van der Waals surface area contributed by atoms with Crippen LogP contribution in [0.4, 0.5) is 18.9 Å². The van der Waals surface area contributed by atoms with Crippen molar-refractivity contribution in [2.24, 2.45) is 0 Å². The van der Waals surface area contributed by atoms with Gasteiger partial charge in [-0.1, -0.05) is 17.7 Å². The van der Waals surface area contributed by atoms with Gasteiger partial charge in [-0.25, -0.2) is 26.0 Å². The number of halogens is 4. The molecule has 0 amide bonds. The summed E-state index contributed by atoms with van der Waals surface area (Å²) in [6.45, 7) is 8.75. The lowest BCUT2D eigenvalue weighted by Gasteiger charge is -2.13. The highest BCUT2D eigenvalue weighted by Crippen LogP contribution is 2.42. The summed E-state index contributed by atoms with van der Waals surface area (Å²) < 4.78 is 75.7. The number of fused-ring (bicyclic) bond motifs is 1. The van der Waals surface area contributed by atoms with Crippen LogP contribution >= 0.6 is 15.9 Å². The third kappa shape index (κ3) is 3.53. The van der Waals surface area contributed by atoms with E-state index in [4.69, 9.17) is 11.3 Å². The number of nitrogens with zero attached hydrogens (tertiary/aromatic N) is 2. The van der Waals surface area contributed by atoms with E-state index in [2.05, 4.69) is 20.8 Å². The molecule has 0 saturated carbocycles. The van der Waals surface area contributed by atoms with Crippen LogP contribution in [0.25, 0.3) is 15.7 Å². The van der Waals surface area contributed by atoms with Gasteiger partial charge in [-0.15, -0.1) is 0 Å². The Balaban J connectivity index is 1.87. The van der Waals surface area contributed by atoms with Gasteiger partial charge in [-0.2, -0.15) is 4.39 Å². The number of aryl methyl sites for hydroxylation is 1. The third-order valence-corrected chi connectivity index (χ3v) is 7.20. The second-order valence-electron chi connectivity index (χ2n) is 6.79. The largest absolute Gasteiger partial charge is 0.454 e. The van der Waals surface area contributed by atoms with E-state index in [9.17, 15) is 17.2 Å². The van der Waals surface area contributed by atoms with Crippen LogP contribution in [0.15, 0.2) is 64.1 Å². The van der Waals surface area contributed by atoms with E-state index in [0.717, 1.165) is 30.0 Å². The van der Waals surface area contributed by atoms with Crippen LogP contribution < -0.4 is 4.74 Å². The van der Waals surface area contributed by atoms with Crippen LogP contribution in [0.5, 0.6) is 11.5 Å². The number of rotatable bonds is 4. The van der Waals surface area contributed by atoms with E-state index in [-0.39, 0.29) is 26.2 Å². The van der Waals surface area contributed by atoms with Gasteiger partial charge in [0.1, 0.15) is 17.1 Å². The molecule has 0 aliphatic heterocycles. The molecule has 4 rings (SSSR count). The van der Waals surface area contributed by atoms with Gasteiger partial charge in [0.15, 0.2) is 11.6 Å². The topological polar surface area (TPSA) is 52.7 Å². The van der Waals surface area contributed by atoms with Crippen molar-refractivity contribution >= 4 is 42.5 Å². The quantitative estimate of drug-likeness (QED) is 0.222. The third-order valence-electron chi connectivity index (χ3n) is 4.72. The van der Waals surface area contributed by atoms with Gasteiger partial charge in [-0.05, 0) is 59.3 Å². The van der Waals surface area contributed by atoms with Crippen LogP contribution in [0, 0.1) is 30.9 Å². The van der Waals surface area contributed by atoms with Crippen LogP contribution in [0.1, 0.15) is 5.56 Å². The van der Waals surface area contributed by atoms with E-state index >= 15 is 4.39 Å². The number of aromatic nitrogens is 1. The number of hydrogen-bond donors (Lipinski definition) is 0. The molecular formula is C22H12BrF3N2O3S. The second kappa shape index (κ2) is 8.00. The molecule has 32 heavy (non-hydrogen) atoms. The summed E-state index contributed by atoms with van der Waals surface area (Å²) in [5.41, 5.74) is -0.00980. The zero-order chi connectivity index (χ0) is 23.2. The van der Waals surface area contributed by atoms with Crippen LogP contribution in [-0.2, 0) is 10.0 Å². The zero-order valence-electron chi connectivity index (χ0n) is 16.2. The Labute approximate surface area is 189 Å². The molecule has 0 atom stereocenters. The lowest BCUT2D eigenvalue weighted by molar-refractivity contribution is 0.416. The fourth-order valence-electron chi connectivity index (χ4n) is 3.10. The fraction of sp³-hybridized carbons (Fsp3) is 0.0455. The van der Waals surface area contributed by atoms with E-state index in [1.54, 1.807) is 19.1 Å². The average Bonchev–Trinajstić information content (AvgIpc) is 3.23. The van der Waals surface area contributed by atoms with Crippen molar-refractivity contribution in [2.75, 3.05) is 0 Å². The maximum Gasteiger partial charge on any atom is 0.268 e. The Morgan fingerprint density at radius 3 is 2.38 bits per heavy atom. The summed E-state index contributed by atoms with van der Waals surface area (Å²) in [5.74, 6) is -4.33. The zero-order valence-corrected chi connectivity index (χ0v) is 18.6. The molecule has 0 saturated heterocycles. The highest BCUT2D eigenvalue weighted by Gasteiger charge is 2.28. The molecule has 0 fully saturated rings. The summed E-state index contributed by atoms with van der Waals surface area (Å²) in [7, 11) is -4.21. The minimum atomic E-state index is -4.21. The molecule has 0 unspecified atom stereocenters. The standard InChI is InChI=1S/C22H12BrF3N2O3S/c1-12-3-6-14(7-4-12)32(29,30)28-10-9-15-18(23)22(20(26)19(25)21(15)28)31-13-5-8-16(24)17(11-13)27-2/h3-11H,1H3.